The molecule has 4 nitrogen and oxygen atoms in total. The minimum absolute atomic E-state index is 0.0357. The van der Waals surface area contributed by atoms with Gasteiger partial charge in [0.2, 0.25) is 10.0 Å². The van der Waals surface area contributed by atoms with Crippen LogP contribution in [0.25, 0.3) is 0 Å². The molecule has 0 spiro atoms. The van der Waals surface area contributed by atoms with E-state index < -0.39 is 15.8 Å². The first-order valence-electron chi connectivity index (χ1n) is 6.01. The molecule has 0 atom stereocenters. The van der Waals surface area contributed by atoms with Crippen LogP contribution in [0.2, 0.25) is 0 Å². The summed E-state index contributed by atoms with van der Waals surface area (Å²) < 4.78 is 39.9. The average molecular weight is 272 g/mol. The van der Waals surface area contributed by atoms with E-state index in [-0.39, 0.29) is 17.5 Å². The van der Waals surface area contributed by atoms with Gasteiger partial charge in [0, 0.05) is 19.1 Å². The predicted molar refractivity (Wildman–Crippen MR) is 66.9 cm³/mol. The second kappa shape index (κ2) is 4.95. The standard InChI is InChI=1S/C12H17FN2O2S/c1-2-15(10-4-5-10)18(16,17)12-6-3-9(8-14)7-11(12)13/h3,6-7,10H,2,4-5,8,14H2,1H3. The lowest BCUT2D eigenvalue weighted by Gasteiger charge is -2.20. The van der Waals surface area contributed by atoms with Crippen molar-refractivity contribution >= 4 is 10.0 Å². The summed E-state index contributed by atoms with van der Waals surface area (Å²) in [5, 5.41) is 0. The van der Waals surface area contributed by atoms with Gasteiger partial charge in [-0.15, -0.1) is 0 Å². The van der Waals surface area contributed by atoms with Crippen LogP contribution < -0.4 is 5.73 Å². The van der Waals surface area contributed by atoms with Crippen LogP contribution in [-0.4, -0.2) is 25.3 Å². The molecule has 2 rings (SSSR count). The summed E-state index contributed by atoms with van der Waals surface area (Å²) in [4.78, 5) is -0.256. The van der Waals surface area contributed by atoms with Crippen molar-refractivity contribution in [2.75, 3.05) is 6.54 Å². The fraction of sp³-hybridized carbons (Fsp3) is 0.500. The smallest absolute Gasteiger partial charge is 0.246 e. The van der Waals surface area contributed by atoms with Gasteiger partial charge in [-0.2, -0.15) is 4.31 Å². The molecule has 1 aliphatic carbocycles. The fourth-order valence-electron chi connectivity index (χ4n) is 1.99. The van der Waals surface area contributed by atoms with Crippen LogP contribution in [0.15, 0.2) is 23.1 Å². The number of halogens is 1. The highest BCUT2D eigenvalue weighted by atomic mass is 32.2. The third-order valence-corrected chi connectivity index (χ3v) is 5.15. The molecule has 0 aromatic heterocycles. The van der Waals surface area contributed by atoms with Gasteiger partial charge in [-0.3, -0.25) is 0 Å². The highest BCUT2D eigenvalue weighted by molar-refractivity contribution is 7.89. The predicted octanol–water partition coefficient (Wildman–Crippen LogP) is 1.46. The van der Waals surface area contributed by atoms with Gasteiger partial charge in [-0.25, -0.2) is 12.8 Å². The van der Waals surface area contributed by atoms with E-state index in [1.807, 2.05) is 0 Å². The molecule has 0 saturated heterocycles. The van der Waals surface area contributed by atoms with Crippen LogP contribution in [0.4, 0.5) is 4.39 Å². The number of benzene rings is 1. The normalized spacial score (nSPS) is 16.2. The largest absolute Gasteiger partial charge is 0.326 e. The van der Waals surface area contributed by atoms with E-state index in [1.54, 1.807) is 13.0 Å². The molecule has 1 aromatic carbocycles. The van der Waals surface area contributed by atoms with Gasteiger partial charge in [0.15, 0.2) is 0 Å². The molecule has 1 aliphatic rings. The molecule has 100 valence electrons. The zero-order chi connectivity index (χ0) is 13.3. The number of nitrogens with two attached hydrogens (primary N) is 1. The van der Waals surface area contributed by atoms with Gasteiger partial charge < -0.3 is 5.73 Å². The van der Waals surface area contributed by atoms with Crippen LogP contribution in [0.1, 0.15) is 25.3 Å². The van der Waals surface area contributed by atoms with Crippen molar-refractivity contribution in [2.24, 2.45) is 5.73 Å². The molecular weight excluding hydrogens is 255 g/mol. The number of sulfonamides is 1. The molecule has 18 heavy (non-hydrogen) atoms. The molecule has 1 fully saturated rings. The third-order valence-electron chi connectivity index (χ3n) is 3.08. The van der Waals surface area contributed by atoms with E-state index >= 15 is 0 Å². The molecule has 2 N–H and O–H groups in total. The average Bonchev–Trinajstić information content (AvgIpc) is 3.13. The molecule has 0 unspecified atom stereocenters. The van der Waals surface area contributed by atoms with Gasteiger partial charge in [0.1, 0.15) is 10.7 Å². The highest BCUT2D eigenvalue weighted by Gasteiger charge is 2.38. The van der Waals surface area contributed by atoms with Crippen molar-refractivity contribution in [3.8, 4) is 0 Å². The Kier molecular flexibility index (Phi) is 3.70. The van der Waals surface area contributed by atoms with Crippen LogP contribution >= 0.6 is 0 Å². The fourth-order valence-corrected chi connectivity index (χ4v) is 3.74. The SMILES string of the molecule is CCN(C1CC1)S(=O)(=O)c1ccc(CN)cc1F. The molecule has 1 aromatic rings. The van der Waals surface area contributed by atoms with E-state index in [1.165, 1.54) is 16.4 Å². The third kappa shape index (κ3) is 2.41. The highest BCUT2D eigenvalue weighted by Crippen LogP contribution is 2.32. The van der Waals surface area contributed by atoms with E-state index in [0.717, 1.165) is 12.8 Å². The summed E-state index contributed by atoms with van der Waals surface area (Å²) in [6.45, 7) is 2.32. The van der Waals surface area contributed by atoms with E-state index in [9.17, 15) is 12.8 Å². The summed E-state index contributed by atoms with van der Waals surface area (Å²) in [6, 6.07) is 4.08. The number of hydrogen-bond acceptors (Lipinski definition) is 3. The molecule has 6 heteroatoms. The molecule has 0 bridgehead atoms. The molecule has 0 aliphatic heterocycles. The molecule has 0 heterocycles. The van der Waals surface area contributed by atoms with Gasteiger partial charge in [-0.05, 0) is 30.5 Å². The van der Waals surface area contributed by atoms with Crippen LogP contribution in [0.3, 0.4) is 0 Å². The minimum Gasteiger partial charge on any atom is -0.326 e. The van der Waals surface area contributed by atoms with Crippen LogP contribution in [-0.2, 0) is 16.6 Å². The lowest BCUT2D eigenvalue weighted by atomic mass is 10.2. The van der Waals surface area contributed by atoms with Gasteiger partial charge >= 0.3 is 0 Å². The quantitative estimate of drug-likeness (QED) is 0.882. The Balaban J connectivity index is 2.40. The van der Waals surface area contributed by atoms with Crippen LogP contribution in [0, 0.1) is 5.82 Å². The van der Waals surface area contributed by atoms with Crippen molar-refractivity contribution in [2.45, 2.75) is 37.2 Å². The summed E-state index contributed by atoms with van der Waals surface area (Å²) in [7, 11) is -3.73. The Morgan fingerprint density at radius 3 is 2.56 bits per heavy atom. The Hall–Kier alpha value is -0.980. The Morgan fingerprint density at radius 2 is 2.11 bits per heavy atom. The first kappa shape index (κ1) is 13.5. The number of hydrogen-bond donors (Lipinski definition) is 1. The van der Waals surface area contributed by atoms with Crippen molar-refractivity contribution in [1.29, 1.82) is 0 Å². The van der Waals surface area contributed by atoms with Gasteiger partial charge in [0.25, 0.3) is 0 Å². The second-order valence-corrected chi connectivity index (χ2v) is 6.27. The first-order valence-corrected chi connectivity index (χ1v) is 7.45. The summed E-state index contributed by atoms with van der Waals surface area (Å²) in [5.74, 6) is -0.725. The van der Waals surface area contributed by atoms with Crippen molar-refractivity contribution in [1.82, 2.24) is 4.31 Å². The molecule has 0 radical (unpaired) electrons. The van der Waals surface area contributed by atoms with Gasteiger partial charge in [-0.1, -0.05) is 13.0 Å². The molecular formula is C12H17FN2O2S. The molecule has 1 saturated carbocycles. The van der Waals surface area contributed by atoms with Gasteiger partial charge in [0.05, 0.1) is 0 Å². The van der Waals surface area contributed by atoms with E-state index in [4.69, 9.17) is 5.73 Å². The second-order valence-electron chi connectivity index (χ2n) is 4.41. The minimum atomic E-state index is -3.73. The first-order chi connectivity index (χ1) is 8.50. The Labute approximate surface area is 107 Å². The van der Waals surface area contributed by atoms with Crippen LogP contribution in [0.5, 0.6) is 0 Å². The van der Waals surface area contributed by atoms with E-state index in [2.05, 4.69) is 0 Å². The zero-order valence-electron chi connectivity index (χ0n) is 10.3. The lowest BCUT2D eigenvalue weighted by molar-refractivity contribution is 0.417. The molecule has 0 amide bonds. The summed E-state index contributed by atoms with van der Waals surface area (Å²) >= 11 is 0. The Bertz CT molecular complexity index is 541. The Morgan fingerprint density at radius 1 is 1.44 bits per heavy atom. The number of rotatable bonds is 5. The van der Waals surface area contributed by atoms with Crippen molar-refractivity contribution in [3.05, 3.63) is 29.6 Å². The maximum absolute atomic E-state index is 13.9. The monoisotopic (exact) mass is 272 g/mol. The summed E-state index contributed by atoms with van der Waals surface area (Å²) in [5.41, 5.74) is 5.98. The maximum Gasteiger partial charge on any atom is 0.246 e. The lowest BCUT2D eigenvalue weighted by Crippen LogP contribution is -2.33. The maximum atomic E-state index is 13.9. The van der Waals surface area contributed by atoms with E-state index in [0.29, 0.717) is 12.1 Å². The van der Waals surface area contributed by atoms with Crippen molar-refractivity contribution < 1.29 is 12.8 Å². The summed E-state index contributed by atoms with van der Waals surface area (Å²) in [6.07, 6.45) is 1.71. The van der Waals surface area contributed by atoms with Crippen molar-refractivity contribution in [3.63, 3.8) is 0 Å². The number of nitrogens with zero attached hydrogens (tertiary/aromatic N) is 1. The zero-order valence-corrected chi connectivity index (χ0v) is 11.1. The topological polar surface area (TPSA) is 63.4 Å².